The van der Waals surface area contributed by atoms with Crippen LogP contribution in [0.25, 0.3) is 12.2 Å². The first-order chi connectivity index (χ1) is 29.4. The van der Waals surface area contributed by atoms with Gasteiger partial charge in [0.2, 0.25) is 0 Å². The lowest BCUT2D eigenvalue weighted by Gasteiger charge is -2.32. The monoisotopic (exact) mass is 950 g/mol. The van der Waals surface area contributed by atoms with E-state index in [1.807, 2.05) is 12.2 Å². The fourth-order valence-corrected chi connectivity index (χ4v) is 7.64. The van der Waals surface area contributed by atoms with Crippen LogP contribution in [0.1, 0.15) is 66.5 Å². The summed E-state index contributed by atoms with van der Waals surface area (Å²) in [5.41, 5.74) is 9.11. The van der Waals surface area contributed by atoms with Gasteiger partial charge in [0.15, 0.2) is 0 Å². The number of hydrogen-bond acceptors (Lipinski definition) is 6. The Morgan fingerprint density at radius 3 is 0.806 bits per heavy atom. The molecule has 316 valence electrons. The molecule has 0 atom stereocenters. The van der Waals surface area contributed by atoms with Crippen LogP contribution in [0.4, 0.5) is 34.1 Å². The van der Waals surface area contributed by atoms with E-state index in [4.69, 9.17) is 18.6 Å². The van der Waals surface area contributed by atoms with Crippen LogP contribution in [0, 0.1) is 0 Å². The first-order valence-corrected chi connectivity index (χ1v) is 22.5. The van der Waals surface area contributed by atoms with Crippen LogP contribution in [0.5, 0.6) is 0 Å². The Morgan fingerprint density at radius 1 is 0.371 bits per heavy atom. The topological polar surface area (TPSA) is 43.4 Å². The number of halogens is 2. The molecule has 0 aliphatic carbocycles. The maximum Gasteiger partial charge on any atom is 0.494 e. The minimum atomic E-state index is -0.399. The Kier molecular flexibility index (Phi) is 13.3. The Balaban J connectivity index is 0.000000213. The molecule has 6 aromatic carbocycles. The van der Waals surface area contributed by atoms with Gasteiger partial charge in [-0.3, -0.25) is 0 Å². The van der Waals surface area contributed by atoms with E-state index < -0.39 is 14.2 Å². The van der Waals surface area contributed by atoms with Gasteiger partial charge in [0.1, 0.15) is 0 Å². The van der Waals surface area contributed by atoms with Gasteiger partial charge in [-0.2, -0.15) is 0 Å². The van der Waals surface area contributed by atoms with Gasteiger partial charge >= 0.3 is 14.2 Å². The second kappa shape index (κ2) is 18.2. The highest BCUT2D eigenvalue weighted by atomic mass is 79.9. The molecule has 0 spiro atoms. The van der Waals surface area contributed by atoms with Crippen molar-refractivity contribution in [2.45, 2.75) is 77.8 Å². The molecule has 62 heavy (non-hydrogen) atoms. The van der Waals surface area contributed by atoms with E-state index in [0.717, 1.165) is 65.1 Å². The second-order valence-electron chi connectivity index (χ2n) is 17.6. The van der Waals surface area contributed by atoms with E-state index in [1.54, 1.807) is 0 Å². The standard InChI is InChI=1S/C32H39B2NO4.C20H15Br2N/c1-10-23-11-17-26(18-12-23)35(27-19-13-24(14-20-27)33-36-29(2,3)30(4,5)37-33)28-21-15-25(16-22-28)34-38-31(6,7)32(8,9)39-34;1-2-15-3-9-18(10-4-15)23(19-11-5-16(21)6-12-19)20-13-7-17(22)8-14-20/h10-22H,1H2,2-9H3;2-14H,1H2. The maximum absolute atomic E-state index is 6.27. The van der Waals surface area contributed by atoms with Crippen molar-refractivity contribution >= 4 is 103 Å². The van der Waals surface area contributed by atoms with Gasteiger partial charge in [0, 0.05) is 43.1 Å². The van der Waals surface area contributed by atoms with Gasteiger partial charge in [-0.1, -0.05) is 106 Å². The minimum Gasteiger partial charge on any atom is -0.399 e. The van der Waals surface area contributed by atoms with Crippen molar-refractivity contribution in [1.29, 1.82) is 0 Å². The van der Waals surface area contributed by atoms with E-state index in [2.05, 4.69) is 256 Å². The molecule has 10 heteroatoms. The summed E-state index contributed by atoms with van der Waals surface area (Å²) in [5.74, 6) is 0. The molecule has 2 saturated heterocycles. The fourth-order valence-electron chi connectivity index (χ4n) is 7.11. The van der Waals surface area contributed by atoms with Crippen LogP contribution in [-0.4, -0.2) is 36.6 Å². The second-order valence-corrected chi connectivity index (χ2v) is 19.4. The van der Waals surface area contributed by atoms with E-state index in [1.165, 1.54) is 0 Å². The highest BCUT2D eigenvalue weighted by Gasteiger charge is 2.52. The van der Waals surface area contributed by atoms with Gasteiger partial charge in [-0.05, 0) is 175 Å². The summed E-state index contributed by atoms with van der Waals surface area (Å²) in [5, 5.41) is 0. The van der Waals surface area contributed by atoms with Crippen molar-refractivity contribution in [1.82, 2.24) is 0 Å². The summed E-state index contributed by atoms with van der Waals surface area (Å²) in [4.78, 5) is 4.46. The Hall–Kier alpha value is -4.67. The van der Waals surface area contributed by atoms with Crippen molar-refractivity contribution in [3.63, 3.8) is 0 Å². The molecule has 2 aliphatic heterocycles. The Morgan fingerprint density at radius 2 is 0.581 bits per heavy atom. The lowest BCUT2D eigenvalue weighted by molar-refractivity contribution is 0.00578. The molecule has 6 nitrogen and oxygen atoms in total. The summed E-state index contributed by atoms with van der Waals surface area (Å²) in [6.45, 7) is 24.3. The highest BCUT2D eigenvalue weighted by molar-refractivity contribution is 9.10. The lowest BCUT2D eigenvalue weighted by Crippen LogP contribution is -2.41. The van der Waals surface area contributed by atoms with E-state index in [0.29, 0.717) is 0 Å². The Labute approximate surface area is 386 Å². The Bertz CT molecular complexity index is 2320. The van der Waals surface area contributed by atoms with Crippen molar-refractivity contribution in [2.24, 2.45) is 0 Å². The summed E-state index contributed by atoms with van der Waals surface area (Å²) in [6, 6.07) is 50.2. The highest BCUT2D eigenvalue weighted by Crippen LogP contribution is 2.40. The largest absolute Gasteiger partial charge is 0.494 e. The summed E-state index contributed by atoms with van der Waals surface area (Å²) in [7, 11) is -0.799. The van der Waals surface area contributed by atoms with Crippen LogP contribution in [0.2, 0.25) is 0 Å². The van der Waals surface area contributed by atoms with Gasteiger partial charge in [-0.15, -0.1) is 0 Å². The molecule has 0 radical (unpaired) electrons. The van der Waals surface area contributed by atoms with Gasteiger partial charge in [-0.25, -0.2) is 0 Å². The molecule has 0 N–H and O–H groups in total. The van der Waals surface area contributed by atoms with Gasteiger partial charge < -0.3 is 28.4 Å². The number of nitrogens with zero attached hydrogens (tertiary/aromatic N) is 2. The average molecular weight is 952 g/mol. The third-order valence-electron chi connectivity index (χ3n) is 12.3. The molecule has 0 amide bonds. The van der Waals surface area contributed by atoms with Gasteiger partial charge in [0.05, 0.1) is 22.4 Å². The predicted molar refractivity (Wildman–Crippen MR) is 269 cm³/mol. The van der Waals surface area contributed by atoms with Crippen molar-refractivity contribution in [3.8, 4) is 0 Å². The lowest BCUT2D eigenvalue weighted by atomic mass is 9.79. The number of anilines is 6. The number of rotatable bonds is 10. The minimum absolute atomic E-state index is 0.381. The van der Waals surface area contributed by atoms with Crippen LogP contribution >= 0.6 is 31.9 Å². The predicted octanol–water partition coefficient (Wildman–Crippen LogP) is 13.7. The first kappa shape index (κ1) is 45.4. The molecule has 2 fully saturated rings. The fraction of sp³-hybridized carbons (Fsp3) is 0.231. The zero-order valence-corrected chi connectivity index (χ0v) is 40.0. The third kappa shape index (κ3) is 9.76. The van der Waals surface area contributed by atoms with Crippen LogP contribution < -0.4 is 20.7 Å². The quantitative estimate of drug-likeness (QED) is 0.128. The third-order valence-corrected chi connectivity index (χ3v) is 13.4. The molecule has 0 saturated carbocycles. The SMILES string of the molecule is C=Cc1ccc(N(c2ccc(B3OC(C)(C)C(C)(C)O3)cc2)c2ccc(B3OC(C)(C)C(C)(C)O3)cc2)cc1.C=Cc1ccc(N(c2ccc(Br)cc2)c2ccc(Br)cc2)cc1. The van der Waals surface area contributed by atoms with E-state index in [-0.39, 0.29) is 22.4 Å². The zero-order chi connectivity index (χ0) is 44.5. The molecule has 0 unspecified atom stereocenters. The molecule has 0 bridgehead atoms. The average Bonchev–Trinajstić information content (AvgIpc) is 3.62. The molecular weight excluding hydrogens is 898 g/mol. The van der Waals surface area contributed by atoms with Crippen LogP contribution in [0.3, 0.4) is 0 Å². The molecule has 0 aromatic heterocycles. The molecule has 8 rings (SSSR count). The van der Waals surface area contributed by atoms with Crippen molar-refractivity contribution in [2.75, 3.05) is 9.80 Å². The van der Waals surface area contributed by atoms with Crippen LogP contribution in [-0.2, 0) is 18.6 Å². The van der Waals surface area contributed by atoms with Crippen LogP contribution in [0.15, 0.2) is 168 Å². The summed E-state index contributed by atoms with van der Waals surface area (Å²) in [6.07, 6.45) is 3.71. The van der Waals surface area contributed by atoms with E-state index in [9.17, 15) is 0 Å². The molecular formula is C52H54B2Br2N2O4. The number of hydrogen-bond donors (Lipinski definition) is 0. The first-order valence-electron chi connectivity index (χ1n) is 20.9. The smallest absolute Gasteiger partial charge is 0.399 e. The van der Waals surface area contributed by atoms with Gasteiger partial charge in [0.25, 0.3) is 0 Å². The van der Waals surface area contributed by atoms with Crippen molar-refractivity contribution < 1.29 is 18.6 Å². The maximum atomic E-state index is 6.27. The number of benzene rings is 6. The molecule has 6 aromatic rings. The molecule has 2 heterocycles. The summed E-state index contributed by atoms with van der Waals surface area (Å²) < 4.78 is 27.2. The van der Waals surface area contributed by atoms with Crippen molar-refractivity contribution in [3.05, 3.63) is 179 Å². The normalized spacial score (nSPS) is 16.9. The van der Waals surface area contributed by atoms with E-state index >= 15 is 0 Å². The summed E-state index contributed by atoms with van der Waals surface area (Å²) >= 11 is 7.00. The zero-order valence-electron chi connectivity index (χ0n) is 36.9. The molecule has 2 aliphatic rings.